The van der Waals surface area contributed by atoms with E-state index in [1.807, 2.05) is 0 Å². The smallest absolute Gasteiger partial charge is 0.214 e. The number of carbonyl (C=O) groups excluding carboxylic acids is 1. The minimum absolute atomic E-state index is 0.609. The zero-order chi connectivity index (χ0) is 7.33. The maximum absolute atomic E-state index is 10.3. The molecule has 0 atom stereocenters. The van der Waals surface area contributed by atoms with Crippen LogP contribution in [0.1, 0.15) is 0 Å². The molecule has 0 saturated heterocycles. The highest BCUT2D eigenvalue weighted by Gasteiger charge is 2.07. The van der Waals surface area contributed by atoms with Gasteiger partial charge in [0.05, 0.1) is 6.07 Å². The van der Waals surface area contributed by atoms with Crippen molar-refractivity contribution in [2.24, 2.45) is 0 Å². The van der Waals surface area contributed by atoms with Crippen LogP contribution in [0.25, 0.3) is 0 Å². The molecule has 0 bridgehead atoms. The second kappa shape index (κ2) is 3.20. The SMILES string of the molecule is N#CCS(=O)(=O)C[C]=O. The number of nitriles is 1. The van der Waals surface area contributed by atoms with Crippen molar-refractivity contribution >= 4 is 16.1 Å². The predicted octanol–water partition coefficient (Wildman–Crippen LogP) is -0.966. The van der Waals surface area contributed by atoms with Gasteiger partial charge in [0, 0.05) is 0 Å². The maximum Gasteiger partial charge on any atom is 0.214 e. The van der Waals surface area contributed by atoms with Crippen molar-refractivity contribution in [3.63, 3.8) is 0 Å². The molecule has 0 spiro atoms. The third-order valence-corrected chi connectivity index (χ3v) is 1.69. The average Bonchev–Trinajstić information content (AvgIpc) is 1.64. The van der Waals surface area contributed by atoms with Gasteiger partial charge in [-0.3, -0.25) is 4.79 Å². The first-order chi connectivity index (χ1) is 4.12. The van der Waals surface area contributed by atoms with Gasteiger partial charge < -0.3 is 0 Å². The Balaban J connectivity index is 4.08. The normalized spacial score (nSPS) is 10.1. The van der Waals surface area contributed by atoms with Crippen LogP contribution in [-0.2, 0) is 14.6 Å². The van der Waals surface area contributed by atoms with Gasteiger partial charge >= 0.3 is 0 Å². The second-order valence-corrected chi connectivity index (χ2v) is 3.40. The van der Waals surface area contributed by atoms with Crippen LogP contribution in [-0.4, -0.2) is 26.2 Å². The molecule has 0 aromatic heterocycles. The number of hydrogen-bond acceptors (Lipinski definition) is 4. The standard InChI is InChI=1S/C4H4NO3S/c5-1-3-9(7,8)4-2-6/h3-4H2. The predicted molar refractivity (Wildman–Crippen MR) is 30.0 cm³/mol. The van der Waals surface area contributed by atoms with Crippen LogP contribution in [0.4, 0.5) is 0 Å². The van der Waals surface area contributed by atoms with Gasteiger partial charge in [0.25, 0.3) is 0 Å². The molecule has 1 radical (unpaired) electrons. The highest BCUT2D eigenvalue weighted by Crippen LogP contribution is 1.83. The Labute approximate surface area is 53.0 Å². The van der Waals surface area contributed by atoms with E-state index >= 15 is 0 Å². The maximum atomic E-state index is 10.3. The number of sulfone groups is 1. The molecule has 0 aliphatic heterocycles. The van der Waals surface area contributed by atoms with Crippen LogP contribution in [0, 0.1) is 11.3 Å². The van der Waals surface area contributed by atoms with Crippen LogP contribution in [0.5, 0.6) is 0 Å². The quantitative estimate of drug-likeness (QED) is 0.513. The molecule has 0 rings (SSSR count). The fourth-order valence-electron chi connectivity index (χ4n) is 0.239. The Bertz CT molecular complexity index is 223. The zero-order valence-corrected chi connectivity index (χ0v) is 5.31. The minimum atomic E-state index is -3.47. The molecule has 0 saturated carbocycles. The molecule has 5 heteroatoms. The third-order valence-electron chi connectivity index (χ3n) is 0.563. The first-order valence-corrected chi connectivity index (χ1v) is 3.87. The van der Waals surface area contributed by atoms with E-state index in [1.54, 1.807) is 0 Å². The summed E-state index contributed by atoms with van der Waals surface area (Å²) in [6.07, 6.45) is 1.20. The van der Waals surface area contributed by atoms with E-state index in [-0.39, 0.29) is 0 Å². The summed E-state index contributed by atoms with van der Waals surface area (Å²) >= 11 is 0. The van der Waals surface area contributed by atoms with E-state index in [2.05, 4.69) is 0 Å². The molecule has 0 N–H and O–H groups in total. The molecule has 0 aliphatic rings. The van der Waals surface area contributed by atoms with Crippen molar-refractivity contribution in [2.45, 2.75) is 0 Å². The Morgan fingerprint density at radius 1 is 1.33 bits per heavy atom. The number of hydrogen-bond donors (Lipinski definition) is 0. The topological polar surface area (TPSA) is 75.0 Å². The molecular weight excluding hydrogens is 142 g/mol. The van der Waals surface area contributed by atoms with Crippen molar-refractivity contribution in [3.8, 4) is 6.07 Å². The monoisotopic (exact) mass is 146 g/mol. The minimum Gasteiger partial charge on any atom is -0.290 e. The number of rotatable bonds is 3. The van der Waals surface area contributed by atoms with Crippen LogP contribution >= 0.6 is 0 Å². The van der Waals surface area contributed by atoms with Crippen molar-refractivity contribution in [1.29, 1.82) is 5.26 Å². The largest absolute Gasteiger partial charge is 0.290 e. The highest BCUT2D eigenvalue weighted by atomic mass is 32.2. The molecule has 4 nitrogen and oxygen atoms in total. The molecule has 0 aromatic carbocycles. The number of nitrogens with zero attached hydrogens (tertiary/aromatic N) is 1. The summed E-state index contributed by atoms with van der Waals surface area (Å²) in [4.78, 5) is 9.48. The first kappa shape index (κ1) is 8.11. The molecule has 0 amide bonds. The van der Waals surface area contributed by atoms with Crippen molar-refractivity contribution in [3.05, 3.63) is 0 Å². The van der Waals surface area contributed by atoms with E-state index < -0.39 is 21.3 Å². The van der Waals surface area contributed by atoms with E-state index in [1.165, 1.54) is 12.4 Å². The summed E-state index contributed by atoms with van der Waals surface area (Å²) < 4.78 is 20.7. The third kappa shape index (κ3) is 3.67. The molecule has 0 fully saturated rings. The van der Waals surface area contributed by atoms with Crippen molar-refractivity contribution in [2.75, 3.05) is 11.5 Å². The summed E-state index contributed by atoms with van der Waals surface area (Å²) in [5, 5.41) is 7.87. The Morgan fingerprint density at radius 2 is 1.89 bits per heavy atom. The van der Waals surface area contributed by atoms with Gasteiger partial charge in [-0.05, 0) is 0 Å². The summed E-state index contributed by atoms with van der Waals surface area (Å²) in [5.74, 6) is -1.29. The van der Waals surface area contributed by atoms with Gasteiger partial charge in [-0.25, -0.2) is 8.42 Å². The molecule has 49 valence electrons. The lowest BCUT2D eigenvalue weighted by Gasteiger charge is -1.86. The molecule has 9 heavy (non-hydrogen) atoms. The first-order valence-electron chi connectivity index (χ1n) is 2.05. The second-order valence-electron chi connectivity index (χ2n) is 1.33. The fourth-order valence-corrected chi connectivity index (χ4v) is 0.717. The van der Waals surface area contributed by atoms with Crippen molar-refractivity contribution in [1.82, 2.24) is 0 Å². The molecule has 0 aliphatic carbocycles. The lowest BCUT2D eigenvalue weighted by atomic mass is 10.9. The van der Waals surface area contributed by atoms with E-state index in [9.17, 15) is 13.2 Å². The Morgan fingerprint density at radius 3 is 2.22 bits per heavy atom. The summed E-state index contributed by atoms with van der Waals surface area (Å²) in [5.41, 5.74) is 0. The van der Waals surface area contributed by atoms with Crippen molar-refractivity contribution < 1.29 is 13.2 Å². The van der Waals surface area contributed by atoms with Crippen LogP contribution < -0.4 is 0 Å². The Hall–Kier alpha value is -0.890. The van der Waals surface area contributed by atoms with Gasteiger partial charge in [0.15, 0.2) is 9.84 Å². The van der Waals surface area contributed by atoms with Crippen LogP contribution in [0.3, 0.4) is 0 Å². The summed E-state index contributed by atoms with van der Waals surface area (Å²) in [7, 11) is -3.47. The highest BCUT2D eigenvalue weighted by molar-refractivity contribution is 7.92. The lowest BCUT2D eigenvalue weighted by Crippen LogP contribution is -2.09. The Kier molecular flexibility index (Phi) is 2.88. The fraction of sp³-hybridized carbons (Fsp3) is 0.500. The van der Waals surface area contributed by atoms with Gasteiger partial charge in [-0.15, -0.1) is 0 Å². The van der Waals surface area contributed by atoms with Crippen LogP contribution in [0.15, 0.2) is 0 Å². The molecule has 0 heterocycles. The average molecular weight is 146 g/mol. The summed E-state index contributed by atoms with van der Waals surface area (Å²) in [6, 6.07) is 1.43. The molecule has 0 unspecified atom stereocenters. The molecule has 0 aromatic rings. The van der Waals surface area contributed by atoms with Gasteiger partial charge in [0.1, 0.15) is 11.5 Å². The van der Waals surface area contributed by atoms with Gasteiger partial charge in [0.2, 0.25) is 6.29 Å². The zero-order valence-electron chi connectivity index (χ0n) is 4.49. The molecular formula is C4H4NO3S. The van der Waals surface area contributed by atoms with Gasteiger partial charge in [-0.1, -0.05) is 0 Å². The van der Waals surface area contributed by atoms with Crippen LogP contribution in [0.2, 0.25) is 0 Å². The summed E-state index contributed by atoms with van der Waals surface area (Å²) in [6.45, 7) is 0. The van der Waals surface area contributed by atoms with E-state index in [0.717, 1.165) is 0 Å². The van der Waals surface area contributed by atoms with E-state index in [4.69, 9.17) is 5.26 Å². The van der Waals surface area contributed by atoms with E-state index in [0.29, 0.717) is 0 Å². The van der Waals surface area contributed by atoms with Gasteiger partial charge in [-0.2, -0.15) is 5.26 Å². The lowest BCUT2D eigenvalue weighted by molar-refractivity contribution is 0.557.